The summed E-state index contributed by atoms with van der Waals surface area (Å²) < 4.78 is 14.6. The van der Waals surface area contributed by atoms with Crippen LogP contribution in [0.3, 0.4) is 0 Å². The summed E-state index contributed by atoms with van der Waals surface area (Å²) in [5, 5.41) is 11.3. The maximum Gasteiger partial charge on any atom is 0.243 e. The van der Waals surface area contributed by atoms with Gasteiger partial charge in [-0.2, -0.15) is 15.0 Å². The topological polar surface area (TPSA) is 59.8 Å². The molecule has 7 heteroatoms. The lowest BCUT2D eigenvalue weighted by molar-refractivity contribution is -0.123. The molecule has 1 aliphatic carbocycles. The Hall–Kier alpha value is -1.76. The van der Waals surface area contributed by atoms with Crippen molar-refractivity contribution in [1.29, 1.82) is 0 Å². The van der Waals surface area contributed by atoms with E-state index in [9.17, 15) is 9.18 Å². The highest BCUT2D eigenvalue weighted by Crippen LogP contribution is 2.23. The minimum Gasteiger partial charge on any atom is -0.352 e. The summed E-state index contributed by atoms with van der Waals surface area (Å²) in [5.41, 5.74) is 0.785. The molecular weight excluding hydrogens is 363 g/mol. The quantitative estimate of drug-likeness (QED) is 0.884. The number of hydrogen-bond acceptors (Lipinski definition) is 3. The van der Waals surface area contributed by atoms with Crippen molar-refractivity contribution in [1.82, 2.24) is 20.3 Å². The fraction of sp³-hybridized carbons (Fsp3) is 0.438. The second kappa shape index (κ2) is 7.21. The molecule has 1 N–H and O–H groups in total. The van der Waals surface area contributed by atoms with Crippen LogP contribution in [0.2, 0.25) is 0 Å². The van der Waals surface area contributed by atoms with Gasteiger partial charge < -0.3 is 5.32 Å². The molecule has 1 aromatic heterocycles. The Bertz CT molecular complexity index is 697. The summed E-state index contributed by atoms with van der Waals surface area (Å²) in [7, 11) is 0. The molecule has 1 fully saturated rings. The lowest BCUT2D eigenvalue weighted by Gasteiger charge is -2.22. The molecule has 0 saturated heterocycles. The summed E-state index contributed by atoms with van der Waals surface area (Å²) in [5.74, 6) is -0.478. The van der Waals surface area contributed by atoms with Crippen LogP contribution < -0.4 is 5.32 Å². The molecule has 0 atom stereocenters. The monoisotopic (exact) mass is 380 g/mol. The van der Waals surface area contributed by atoms with Gasteiger partial charge in [-0.1, -0.05) is 35.2 Å². The Morgan fingerprint density at radius 2 is 2.13 bits per heavy atom. The second-order valence-corrected chi connectivity index (χ2v) is 6.70. The predicted molar refractivity (Wildman–Crippen MR) is 88.1 cm³/mol. The smallest absolute Gasteiger partial charge is 0.243 e. The van der Waals surface area contributed by atoms with Gasteiger partial charge in [0.25, 0.3) is 0 Å². The van der Waals surface area contributed by atoms with E-state index < -0.39 is 0 Å². The van der Waals surface area contributed by atoms with Crippen LogP contribution in [0.1, 0.15) is 32.1 Å². The zero-order chi connectivity index (χ0) is 16.2. The fourth-order valence-electron chi connectivity index (χ4n) is 2.84. The SMILES string of the molecule is O=C(Cn1ncc(-c2ccc(Br)cc2F)n1)NC1CCCCC1. The number of nitrogens with zero attached hydrogens (tertiary/aromatic N) is 3. The van der Waals surface area contributed by atoms with Gasteiger partial charge in [-0.25, -0.2) is 4.39 Å². The molecule has 0 radical (unpaired) electrons. The lowest BCUT2D eigenvalue weighted by atomic mass is 9.95. The van der Waals surface area contributed by atoms with Crippen molar-refractivity contribution in [2.75, 3.05) is 0 Å². The Morgan fingerprint density at radius 1 is 1.35 bits per heavy atom. The number of hydrogen-bond donors (Lipinski definition) is 1. The Morgan fingerprint density at radius 3 is 2.87 bits per heavy atom. The maximum atomic E-state index is 13.9. The number of benzene rings is 1. The molecule has 23 heavy (non-hydrogen) atoms. The van der Waals surface area contributed by atoms with E-state index in [2.05, 4.69) is 31.4 Å². The van der Waals surface area contributed by atoms with Gasteiger partial charge in [-0.05, 0) is 31.0 Å². The van der Waals surface area contributed by atoms with E-state index in [1.807, 2.05) is 0 Å². The van der Waals surface area contributed by atoms with Gasteiger partial charge in [0.1, 0.15) is 18.1 Å². The van der Waals surface area contributed by atoms with E-state index in [0.29, 0.717) is 15.7 Å². The third-order valence-electron chi connectivity index (χ3n) is 4.00. The fourth-order valence-corrected chi connectivity index (χ4v) is 3.18. The molecule has 1 amide bonds. The van der Waals surface area contributed by atoms with Crippen LogP contribution in [-0.2, 0) is 11.3 Å². The van der Waals surface area contributed by atoms with E-state index >= 15 is 0 Å². The summed E-state index contributed by atoms with van der Waals surface area (Å²) in [6.45, 7) is 0.0502. The van der Waals surface area contributed by atoms with Crippen molar-refractivity contribution in [2.24, 2.45) is 0 Å². The average Bonchev–Trinajstić information content (AvgIpc) is 2.96. The molecule has 5 nitrogen and oxygen atoms in total. The molecule has 1 heterocycles. The van der Waals surface area contributed by atoms with E-state index in [0.717, 1.165) is 25.7 Å². The molecule has 3 rings (SSSR count). The normalized spacial score (nSPS) is 15.6. The third-order valence-corrected chi connectivity index (χ3v) is 4.49. The van der Waals surface area contributed by atoms with Crippen molar-refractivity contribution in [3.05, 3.63) is 34.7 Å². The van der Waals surface area contributed by atoms with Gasteiger partial charge in [-0.15, -0.1) is 0 Å². The zero-order valence-electron chi connectivity index (χ0n) is 12.6. The molecule has 1 saturated carbocycles. The summed E-state index contributed by atoms with van der Waals surface area (Å²) in [6, 6.07) is 5.02. The molecular formula is C16H18BrFN4O. The number of carbonyl (C=O) groups excluding carboxylic acids is 1. The van der Waals surface area contributed by atoms with Crippen LogP contribution in [0.25, 0.3) is 11.3 Å². The number of aromatic nitrogens is 3. The number of nitrogens with one attached hydrogen (secondary N) is 1. The lowest BCUT2D eigenvalue weighted by Crippen LogP contribution is -2.38. The van der Waals surface area contributed by atoms with Crippen molar-refractivity contribution in [3.8, 4) is 11.3 Å². The minimum atomic E-state index is -0.377. The largest absolute Gasteiger partial charge is 0.352 e. The number of halogens is 2. The van der Waals surface area contributed by atoms with Gasteiger partial charge in [0.05, 0.1) is 6.20 Å². The van der Waals surface area contributed by atoms with Gasteiger partial charge in [0.15, 0.2) is 0 Å². The third kappa shape index (κ3) is 4.16. The first kappa shape index (κ1) is 16.1. The van der Waals surface area contributed by atoms with Crippen molar-refractivity contribution < 1.29 is 9.18 Å². The summed E-state index contributed by atoms with van der Waals surface area (Å²) in [6.07, 6.45) is 7.12. The van der Waals surface area contributed by atoms with Crippen LogP contribution in [0, 0.1) is 5.82 Å². The van der Waals surface area contributed by atoms with E-state index in [4.69, 9.17) is 0 Å². The standard InChI is InChI=1S/C16H18BrFN4O/c17-11-6-7-13(14(18)8-11)15-9-19-22(21-15)10-16(23)20-12-4-2-1-3-5-12/h6-9,12H,1-5,10H2,(H,20,23). The van der Waals surface area contributed by atoms with Gasteiger partial charge in [0, 0.05) is 16.1 Å². The van der Waals surface area contributed by atoms with Crippen molar-refractivity contribution in [2.45, 2.75) is 44.7 Å². The molecule has 122 valence electrons. The molecule has 0 bridgehead atoms. The van der Waals surface area contributed by atoms with E-state index in [1.54, 1.807) is 12.1 Å². The maximum absolute atomic E-state index is 13.9. The first-order chi connectivity index (χ1) is 11.1. The zero-order valence-corrected chi connectivity index (χ0v) is 14.2. The van der Waals surface area contributed by atoms with Crippen LogP contribution in [0.15, 0.2) is 28.9 Å². The molecule has 0 spiro atoms. The Balaban J connectivity index is 1.63. The molecule has 1 aliphatic rings. The van der Waals surface area contributed by atoms with E-state index in [1.165, 1.54) is 23.5 Å². The molecule has 1 aromatic carbocycles. The van der Waals surface area contributed by atoms with Crippen LogP contribution >= 0.6 is 15.9 Å². The second-order valence-electron chi connectivity index (χ2n) is 5.79. The summed E-state index contributed by atoms with van der Waals surface area (Å²) in [4.78, 5) is 13.3. The molecule has 0 aliphatic heterocycles. The van der Waals surface area contributed by atoms with Gasteiger partial charge in [-0.3, -0.25) is 4.79 Å². The summed E-state index contributed by atoms with van der Waals surface area (Å²) >= 11 is 3.22. The van der Waals surface area contributed by atoms with Crippen LogP contribution in [-0.4, -0.2) is 26.9 Å². The Labute approximate surface area is 142 Å². The predicted octanol–water partition coefficient (Wildman–Crippen LogP) is 3.30. The number of amides is 1. The first-order valence-electron chi connectivity index (χ1n) is 7.77. The number of carbonyl (C=O) groups is 1. The minimum absolute atomic E-state index is 0.0502. The van der Waals surface area contributed by atoms with Crippen molar-refractivity contribution in [3.63, 3.8) is 0 Å². The van der Waals surface area contributed by atoms with Crippen LogP contribution in [0.5, 0.6) is 0 Å². The highest BCUT2D eigenvalue weighted by atomic mass is 79.9. The van der Waals surface area contributed by atoms with Crippen LogP contribution in [0.4, 0.5) is 4.39 Å². The van der Waals surface area contributed by atoms with Gasteiger partial charge >= 0.3 is 0 Å². The number of rotatable bonds is 4. The highest BCUT2D eigenvalue weighted by molar-refractivity contribution is 9.10. The highest BCUT2D eigenvalue weighted by Gasteiger charge is 2.17. The molecule has 0 unspecified atom stereocenters. The van der Waals surface area contributed by atoms with Gasteiger partial charge in [0.2, 0.25) is 5.91 Å². The molecule has 2 aromatic rings. The van der Waals surface area contributed by atoms with Crippen molar-refractivity contribution >= 4 is 21.8 Å². The first-order valence-corrected chi connectivity index (χ1v) is 8.56. The van der Waals surface area contributed by atoms with E-state index in [-0.39, 0.29) is 24.3 Å². The average molecular weight is 381 g/mol. The Kier molecular flexibility index (Phi) is 5.05.